The number of benzene rings is 2. The lowest BCUT2D eigenvalue weighted by atomic mass is 9.75. The van der Waals surface area contributed by atoms with Crippen molar-refractivity contribution < 1.29 is 0 Å². The molecule has 1 aliphatic rings. The summed E-state index contributed by atoms with van der Waals surface area (Å²) in [6.45, 7) is 2.23. The number of rotatable bonds is 4. The highest BCUT2D eigenvalue weighted by Gasteiger charge is 2.30. The molecule has 0 bridgehead atoms. The maximum absolute atomic E-state index is 5.94. The SMILES string of the molecule is CC(NC1CC(c2ccc(Cl)cc2)C1)c1ccc(Br)cc1. The molecule has 110 valence electrons. The summed E-state index contributed by atoms with van der Waals surface area (Å²) in [5, 5.41) is 4.54. The van der Waals surface area contributed by atoms with E-state index in [2.05, 4.69) is 64.6 Å². The molecule has 3 heteroatoms. The average molecular weight is 365 g/mol. The second-order valence-corrected chi connectivity index (χ2v) is 7.21. The summed E-state index contributed by atoms with van der Waals surface area (Å²) in [6, 6.07) is 17.9. The Labute approximate surface area is 139 Å². The van der Waals surface area contributed by atoms with Crippen molar-refractivity contribution in [3.8, 4) is 0 Å². The second-order valence-electron chi connectivity index (χ2n) is 5.86. The summed E-state index contributed by atoms with van der Waals surface area (Å²) in [4.78, 5) is 0. The first kappa shape index (κ1) is 15.1. The average Bonchev–Trinajstić information content (AvgIpc) is 2.44. The molecule has 1 nitrogen and oxygen atoms in total. The van der Waals surface area contributed by atoms with Gasteiger partial charge >= 0.3 is 0 Å². The molecule has 1 atom stereocenters. The van der Waals surface area contributed by atoms with Crippen molar-refractivity contribution in [3.63, 3.8) is 0 Å². The Balaban J connectivity index is 1.52. The third kappa shape index (κ3) is 3.68. The van der Waals surface area contributed by atoms with E-state index < -0.39 is 0 Å². The normalized spacial score (nSPS) is 22.6. The zero-order valence-corrected chi connectivity index (χ0v) is 14.4. The Kier molecular flexibility index (Phi) is 4.68. The summed E-state index contributed by atoms with van der Waals surface area (Å²) in [7, 11) is 0. The standard InChI is InChI=1S/C18H19BrClN/c1-12(13-2-6-16(19)7-3-13)21-18-10-15(11-18)14-4-8-17(20)9-5-14/h2-9,12,15,18,21H,10-11H2,1H3. The van der Waals surface area contributed by atoms with Crippen molar-refractivity contribution in [2.75, 3.05) is 0 Å². The Morgan fingerprint density at radius 2 is 1.67 bits per heavy atom. The Hall–Kier alpha value is -0.830. The highest BCUT2D eigenvalue weighted by Crippen LogP contribution is 2.38. The fourth-order valence-corrected chi connectivity index (χ4v) is 3.35. The third-order valence-corrected chi connectivity index (χ3v) is 5.12. The van der Waals surface area contributed by atoms with E-state index in [0.717, 1.165) is 9.50 Å². The molecule has 1 saturated carbocycles. The summed E-state index contributed by atoms with van der Waals surface area (Å²) < 4.78 is 1.13. The van der Waals surface area contributed by atoms with Gasteiger partial charge in [0.25, 0.3) is 0 Å². The van der Waals surface area contributed by atoms with Crippen LogP contribution >= 0.6 is 27.5 Å². The smallest absolute Gasteiger partial charge is 0.0406 e. The van der Waals surface area contributed by atoms with E-state index in [-0.39, 0.29) is 0 Å². The van der Waals surface area contributed by atoms with Gasteiger partial charge in [0, 0.05) is 21.6 Å². The number of nitrogens with one attached hydrogen (secondary N) is 1. The Bertz CT molecular complexity index is 588. The van der Waals surface area contributed by atoms with Gasteiger partial charge in [-0.2, -0.15) is 0 Å². The molecular formula is C18H19BrClN. The molecule has 0 spiro atoms. The molecule has 0 saturated heterocycles. The fraction of sp³-hybridized carbons (Fsp3) is 0.333. The van der Waals surface area contributed by atoms with Gasteiger partial charge < -0.3 is 5.32 Å². The van der Waals surface area contributed by atoms with Crippen molar-refractivity contribution in [3.05, 3.63) is 69.2 Å². The van der Waals surface area contributed by atoms with E-state index in [4.69, 9.17) is 11.6 Å². The third-order valence-electron chi connectivity index (χ3n) is 4.34. The lowest BCUT2D eigenvalue weighted by Gasteiger charge is -2.38. The summed E-state index contributed by atoms with van der Waals surface area (Å²) in [5.74, 6) is 0.678. The van der Waals surface area contributed by atoms with E-state index in [1.54, 1.807) is 0 Å². The minimum atomic E-state index is 0.397. The lowest BCUT2D eigenvalue weighted by Crippen LogP contribution is -2.41. The van der Waals surface area contributed by atoms with Crippen LogP contribution < -0.4 is 5.32 Å². The molecule has 0 aliphatic heterocycles. The van der Waals surface area contributed by atoms with Gasteiger partial charge in [-0.1, -0.05) is 51.8 Å². The maximum Gasteiger partial charge on any atom is 0.0406 e. The molecule has 1 N–H and O–H groups in total. The summed E-state index contributed by atoms with van der Waals surface area (Å²) in [6.07, 6.45) is 2.42. The monoisotopic (exact) mass is 363 g/mol. The first-order valence-electron chi connectivity index (χ1n) is 7.39. The van der Waals surface area contributed by atoms with Gasteiger partial charge in [-0.3, -0.25) is 0 Å². The topological polar surface area (TPSA) is 12.0 Å². The van der Waals surface area contributed by atoms with Gasteiger partial charge in [-0.15, -0.1) is 0 Å². The molecule has 0 heterocycles. The van der Waals surface area contributed by atoms with Crippen LogP contribution in [0.5, 0.6) is 0 Å². The molecule has 1 unspecified atom stereocenters. The maximum atomic E-state index is 5.94. The van der Waals surface area contributed by atoms with Gasteiger partial charge in [0.2, 0.25) is 0 Å². The minimum absolute atomic E-state index is 0.397. The summed E-state index contributed by atoms with van der Waals surface area (Å²) >= 11 is 9.42. The minimum Gasteiger partial charge on any atom is -0.307 e. The number of hydrogen-bond donors (Lipinski definition) is 1. The summed E-state index contributed by atoms with van der Waals surface area (Å²) in [5.41, 5.74) is 2.75. The highest BCUT2D eigenvalue weighted by atomic mass is 79.9. The van der Waals surface area contributed by atoms with Crippen LogP contribution in [0, 0.1) is 0 Å². The molecule has 3 rings (SSSR count). The molecule has 1 fully saturated rings. The predicted octanol–water partition coefficient (Wildman–Crippen LogP) is 5.70. The quantitative estimate of drug-likeness (QED) is 0.734. The van der Waals surface area contributed by atoms with E-state index in [0.29, 0.717) is 18.0 Å². The van der Waals surface area contributed by atoms with Crippen LogP contribution in [0.15, 0.2) is 53.0 Å². The molecule has 1 aliphatic carbocycles. The molecule has 0 aromatic heterocycles. The van der Waals surface area contributed by atoms with Gasteiger partial charge in [-0.25, -0.2) is 0 Å². The van der Waals surface area contributed by atoms with Crippen molar-refractivity contribution >= 4 is 27.5 Å². The van der Waals surface area contributed by atoms with E-state index in [9.17, 15) is 0 Å². The highest BCUT2D eigenvalue weighted by molar-refractivity contribution is 9.10. The van der Waals surface area contributed by atoms with Crippen LogP contribution in [0.1, 0.15) is 42.9 Å². The van der Waals surface area contributed by atoms with Crippen molar-refractivity contribution in [2.45, 2.75) is 37.8 Å². The number of hydrogen-bond acceptors (Lipinski definition) is 1. The van der Waals surface area contributed by atoms with Crippen LogP contribution in [0.3, 0.4) is 0 Å². The van der Waals surface area contributed by atoms with Crippen molar-refractivity contribution in [1.29, 1.82) is 0 Å². The largest absolute Gasteiger partial charge is 0.307 e. The van der Waals surface area contributed by atoms with Gasteiger partial charge in [0.05, 0.1) is 0 Å². The molecule has 2 aromatic carbocycles. The zero-order chi connectivity index (χ0) is 14.8. The first-order valence-corrected chi connectivity index (χ1v) is 8.56. The lowest BCUT2D eigenvalue weighted by molar-refractivity contribution is 0.271. The van der Waals surface area contributed by atoms with Crippen molar-refractivity contribution in [2.24, 2.45) is 0 Å². The first-order chi connectivity index (χ1) is 10.1. The van der Waals surface area contributed by atoms with Crippen LogP contribution in [0.4, 0.5) is 0 Å². The van der Waals surface area contributed by atoms with E-state index in [1.807, 2.05) is 12.1 Å². The molecular weight excluding hydrogens is 346 g/mol. The second kappa shape index (κ2) is 6.51. The van der Waals surface area contributed by atoms with Crippen LogP contribution in [0.25, 0.3) is 0 Å². The van der Waals surface area contributed by atoms with Crippen LogP contribution in [-0.2, 0) is 0 Å². The van der Waals surface area contributed by atoms with E-state index >= 15 is 0 Å². The predicted molar refractivity (Wildman–Crippen MR) is 92.9 cm³/mol. The zero-order valence-electron chi connectivity index (χ0n) is 12.0. The Morgan fingerprint density at radius 3 is 2.29 bits per heavy atom. The van der Waals surface area contributed by atoms with Gasteiger partial charge in [0.1, 0.15) is 0 Å². The van der Waals surface area contributed by atoms with Gasteiger partial charge in [-0.05, 0) is 61.1 Å². The molecule has 0 amide bonds. The van der Waals surface area contributed by atoms with Crippen LogP contribution in [0.2, 0.25) is 5.02 Å². The van der Waals surface area contributed by atoms with Crippen molar-refractivity contribution in [1.82, 2.24) is 5.32 Å². The van der Waals surface area contributed by atoms with Crippen LogP contribution in [-0.4, -0.2) is 6.04 Å². The molecule has 2 aromatic rings. The molecule has 21 heavy (non-hydrogen) atoms. The molecule has 0 radical (unpaired) electrons. The van der Waals surface area contributed by atoms with E-state index in [1.165, 1.54) is 24.0 Å². The fourth-order valence-electron chi connectivity index (χ4n) is 2.96. The Morgan fingerprint density at radius 1 is 1.05 bits per heavy atom. The van der Waals surface area contributed by atoms with Gasteiger partial charge in [0.15, 0.2) is 0 Å². The number of halogens is 2.